The number of carbonyl (C=O) groups excluding carboxylic acids is 1. The van der Waals surface area contributed by atoms with Crippen LogP contribution in [0.25, 0.3) is 0 Å². The zero-order valence-electron chi connectivity index (χ0n) is 15.9. The number of carbonyl (C=O) groups is 1. The van der Waals surface area contributed by atoms with Crippen LogP contribution in [0, 0.1) is 6.92 Å². The summed E-state index contributed by atoms with van der Waals surface area (Å²) in [5.74, 6) is 0.497. The standard InChI is InChI=1S/C21H24F3NO2/c1-13(2)18-9-8-14(3)10-19(18)27-15(4)20(26)25-12-16-6-5-7-17(11-16)21(22,23)24/h5-11,13,15H,12H2,1-4H3,(H,25,26). The molecule has 0 radical (unpaired) electrons. The van der Waals surface area contributed by atoms with Crippen molar-refractivity contribution in [1.82, 2.24) is 5.32 Å². The summed E-state index contributed by atoms with van der Waals surface area (Å²) >= 11 is 0. The summed E-state index contributed by atoms with van der Waals surface area (Å²) in [7, 11) is 0. The van der Waals surface area contributed by atoms with Crippen LogP contribution in [-0.2, 0) is 17.5 Å². The van der Waals surface area contributed by atoms with E-state index in [2.05, 4.69) is 5.32 Å². The Morgan fingerprint density at radius 2 is 1.81 bits per heavy atom. The van der Waals surface area contributed by atoms with Gasteiger partial charge in [0.05, 0.1) is 5.56 Å². The van der Waals surface area contributed by atoms with E-state index in [9.17, 15) is 18.0 Å². The number of halogens is 3. The molecular weight excluding hydrogens is 355 g/mol. The Morgan fingerprint density at radius 1 is 1.11 bits per heavy atom. The number of hydrogen-bond acceptors (Lipinski definition) is 2. The van der Waals surface area contributed by atoms with Crippen molar-refractivity contribution in [2.24, 2.45) is 0 Å². The highest BCUT2D eigenvalue weighted by Gasteiger charge is 2.30. The normalized spacial score (nSPS) is 12.7. The van der Waals surface area contributed by atoms with Crippen LogP contribution in [-0.4, -0.2) is 12.0 Å². The molecule has 1 atom stereocenters. The monoisotopic (exact) mass is 379 g/mol. The Hall–Kier alpha value is -2.50. The van der Waals surface area contributed by atoms with E-state index in [1.54, 1.807) is 13.0 Å². The van der Waals surface area contributed by atoms with E-state index < -0.39 is 17.8 Å². The maximum atomic E-state index is 12.8. The summed E-state index contributed by atoms with van der Waals surface area (Å²) < 4.78 is 44.1. The van der Waals surface area contributed by atoms with Crippen molar-refractivity contribution in [1.29, 1.82) is 0 Å². The smallest absolute Gasteiger partial charge is 0.416 e. The van der Waals surface area contributed by atoms with Gasteiger partial charge in [-0.1, -0.05) is 38.1 Å². The Balaban J connectivity index is 2.02. The SMILES string of the molecule is Cc1ccc(C(C)C)c(OC(C)C(=O)NCc2cccc(C(F)(F)F)c2)c1. The van der Waals surface area contributed by atoms with Crippen LogP contribution in [0.15, 0.2) is 42.5 Å². The zero-order valence-corrected chi connectivity index (χ0v) is 15.9. The van der Waals surface area contributed by atoms with Crippen LogP contribution in [0.1, 0.15) is 48.9 Å². The molecule has 6 heteroatoms. The van der Waals surface area contributed by atoms with Gasteiger partial charge in [0.1, 0.15) is 5.75 Å². The molecule has 0 heterocycles. The Labute approximate surface area is 157 Å². The maximum Gasteiger partial charge on any atom is 0.416 e. The summed E-state index contributed by atoms with van der Waals surface area (Å²) in [6.07, 6.45) is -5.18. The molecule has 1 N–H and O–H groups in total. The van der Waals surface area contributed by atoms with Gasteiger partial charge >= 0.3 is 6.18 Å². The van der Waals surface area contributed by atoms with E-state index in [1.165, 1.54) is 6.07 Å². The van der Waals surface area contributed by atoms with Gasteiger partial charge in [-0.2, -0.15) is 13.2 Å². The van der Waals surface area contributed by atoms with E-state index in [1.807, 2.05) is 39.0 Å². The molecule has 0 aromatic heterocycles. The number of rotatable bonds is 6. The second kappa shape index (κ2) is 8.46. The van der Waals surface area contributed by atoms with Gasteiger partial charge in [0.25, 0.3) is 5.91 Å². The first kappa shape index (κ1) is 20.8. The molecule has 2 aromatic rings. The number of alkyl halides is 3. The highest BCUT2D eigenvalue weighted by atomic mass is 19.4. The fourth-order valence-corrected chi connectivity index (χ4v) is 2.66. The highest BCUT2D eigenvalue weighted by molar-refractivity contribution is 5.80. The van der Waals surface area contributed by atoms with Crippen LogP contribution in [0.3, 0.4) is 0 Å². The van der Waals surface area contributed by atoms with Crippen molar-refractivity contribution in [2.75, 3.05) is 0 Å². The third-order valence-corrected chi connectivity index (χ3v) is 4.19. The minimum atomic E-state index is -4.41. The molecule has 0 aliphatic carbocycles. The van der Waals surface area contributed by atoms with Crippen molar-refractivity contribution in [3.05, 3.63) is 64.7 Å². The van der Waals surface area contributed by atoms with Gasteiger partial charge in [0.2, 0.25) is 0 Å². The lowest BCUT2D eigenvalue weighted by molar-refractivity contribution is -0.137. The van der Waals surface area contributed by atoms with Crippen LogP contribution < -0.4 is 10.1 Å². The second-order valence-corrected chi connectivity index (χ2v) is 6.87. The second-order valence-electron chi connectivity index (χ2n) is 6.87. The van der Waals surface area contributed by atoms with E-state index in [0.717, 1.165) is 23.3 Å². The van der Waals surface area contributed by atoms with Crippen molar-refractivity contribution in [3.8, 4) is 5.75 Å². The molecule has 2 aromatic carbocycles. The van der Waals surface area contributed by atoms with Crippen LogP contribution in [0.4, 0.5) is 13.2 Å². The van der Waals surface area contributed by atoms with Crippen LogP contribution >= 0.6 is 0 Å². The van der Waals surface area contributed by atoms with Crippen molar-refractivity contribution >= 4 is 5.91 Å². The molecule has 0 spiro atoms. The number of ether oxygens (including phenoxy) is 1. The average Bonchev–Trinajstić information content (AvgIpc) is 2.59. The molecule has 1 unspecified atom stereocenters. The third kappa shape index (κ3) is 5.74. The number of nitrogens with one attached hydrogen (secondary N) is 1. The summed E-state index contributed by atoms with van der Waals surface area (Å²) in [6.45, 7) is 7.64. The van der Waals surface area contributed by atoms with E-state index in [0.29, 0.717) is 11.3 Å². The van der Waals surface area contributed by atoms with Gasteiger partial charge in [-0.15, -0.1) is 0 Å². The summed E-state index contributed by atoms with van der Waals surface area (Å²) in [4.78, 5) is 12.3. The quantitative estimate of drug-likeness (QED) is 0.747. The predicted molar refractivity (Wildman–Crippen MR) is 98.6 cm³/mol. The first-order chi connectivity index (χ1) is 12.6. The average molecular weight is 379 g/mol. The summed E-state index contributed by atoms with van der Waals surface area (Å²) in [5, 5.41) is 2.63. The lowest BCUT2D eigenvalue weighted by Gasteiger charge is -2.19. The molecule has 0 aliphatic heterocycles. The minimum absolute atomic E-state index is 0.00130. The van der Waals surface area contributed by atoms with Gasteiger partial charge in [0.15, 0.2) is 6.10 Å². The summed E-state index contributed by atoms with van der Waals surface area (Å²) in [6, 6.07) is 10.7. The molecule has 2 rings (SSSR count). The van der Waals surface area contributed by atoms with Crippen LogP contribution in [0.5, 0.6) is 5.75 Å². The first-order valence-corrected chi connectivity index (χ1v) is 8.79. The molecule has 0 bridgehead atoms. The van der Waals surface area contributed by atoms with Crippen molar-refractivity contribution < 1.29 is 22.7 Å². The molecule has 27 heavy (non-hydrogen) atoms. The fraction of sp³-hybridized carbons (Fsp3) is 0.381. The van der Waals surface area contributed by atoms with Gasteiger partial charge in [-0.3, -0.25) is 4.79 Å². The predicted octanol–water partition coefficient (Wildman–Crippen LogP) is 5.22. The molecule has 146 valence electrons. The van der Waals surface area contributed by atoms with Crippen molar-refractivity contribution in [3.63, 3.8) is 0 Å². The van der Waals surface area contributed by atoms with Gasteiger partial charge in [-0.25, -0.2) is 0 Å². The molecule has 1 amide bonds. The molecular formula is C21H24F3NO2. The van der Waals surface area contributed by atoms with E-state index >= 15 is 0 Å². The topological polar surface area (TPSA) is 38.3 Å². The first-order valence-electron chi connectivity index (χ1n) is 8.79. The maximum absolute atomic E-state index is 12.8. The zero-order chi connectivity index (χ0) is 20.2. The third-order valence-electron chi connectivity index (χ3n) is 4.19. The number of hydrogen-bond donors (Lipinski definition) is 1. The number of benzene rings is 2. The lowest BCUT2D eigenvalue weighted by atomic mass is 10.0. The highest BCUT2D eigenvalue weighted by Crippen LogP contribution is 2.30. The van der Waals surface area contributed by atoms with Gasteiger partial charge in [-0.05, 0) is 54.7 Å². The van der Waals surface area contributed by atoms with E-state index in [4.69, 9.17) is 4.74 Å². The van der Waals surface area contributed by atoms with Crippen molar-refractivity contribution in [2.45, 2.75) is 52.4 Å². The number of amides is 1. The van der Waals surface area contributed by atoms with Crippen LogP contribution in [0.2, 0.25) is 0 Å². The number of aryl methyl sites for hydroxylation is 1. The molecule has 3 nitrogen and oxygen atoms in total. The van der Waals surface area contributed by atoms with Gasteiger partial charge < -0.3 is 10.1 Å². The Morgan fingerprint density at radius 3 is 2.44 bits per heavy atom. The molecule has 0 fully saturated rings. The molecule has 0 aliphatic rings. The lowest BCUT2D eigenvalue weighted by Crippen LogP contribution is -2.36. The minimum Gasteiger partial charge on any atom is -0.481 e. The van der Waals surface area contributed by atoms with Gasteiger partial charge in [0, 0.05) is 6.54 Å². The van der Waals surface area contributed by atoms with E-state index in [-0.39, 0.29) is 18.4 Å². The molecule has 0 saturated carbocycles. The summed E-state index contributed by atoms with van der Waals surface area (Å²) in [5.41, 5.74) is 1.66. The largest absolute Gasteiger partial charge is 0.481 e. The Kier molecular flexibility index (Phi) is 6.52. The Bertz CT molecular complexity index is 800. The fourth-order valence-electron chi connectivity index (χ4n) is 2.66. The molecule has 0 saturated heterocycles.